The van der Waals surface area contributed by atoms with E-state index >= 15 is 0 Å². The van der Waals surface area contributed by atoms with E-state index in [4.69, 9.17) is 11.6 Å². The van der Waals surface area contributed by atoms with Crippen LogP contribution in [0.3, 0.4) is 0 Å². The molecule has 2 saturated carbocycles. The first-order chi connectivity index (χ1) is 13.4. The van der Waals surface area contributed by atoms with E-state index in [0.29, 0.717) is 17.6 Å². The van der Waals surface area contributed by atoms with E-state index in [9.17, 15) is 13.2 Å². The van der Waals surface area contributed by atoms with Crippen LogP contribution in [0, 0.1) is 11.8 Å². The average molecular weight is 427 g/mol. The van der Waals surface area contributed by atoms with Gasteiger partial charge in [-0.1, -0.05) is 37.3 Å². The number of hydrogen-bond donors (Lipinski definition) is 2. The van der Waals surface area contributed by atoms with Gasteiger partial charge in [-0.2, -0.15) is 0 Å². The smallest absolute Gasteiger partial charge is 0.240 e. The lowest BCUT2D eigenvalue weighted by Gasteiger charge is -2.29. The average Bonchev–Trinajstić information content (AvgIpc) is 2.96. The molecule has 2 fully saturated rings. The minimum atomic E-state index is -3.52. The number of sulfonamides is 1. The molecule has 1 aromatic carbocycles. The molecule has 0 atom stereocenters. The molecule has 28 heavy (non-hydrogen) atoms. The summed E-state index contributed by atoms with van der Waals surface area (Å²) in [6.07, 6.45) is 10.6. The number of amides is 1. The molecule has 5 nitrogen and oxygen atoms in total. The molecular formula is C21H31ClN2O3S. The Balaban J connectivity index is 1.42. The second-order valence-electron chi connectivity index (χ2n) is 8.22. The number of halogens is 1. The van der Waals surface area contributed by atoms with E-state index in [2.05, 4.69) is 10.0 Å². The second kappa shape index (κ2) is 10.1. The Morgan fingerprint density at radius 2 is 1.54 bits per heavy atom. The summed E-state index contributed by atoms with van der Waals surface area (Å²) in [4.78, 5) is 12.8. The van der Waals surface area contributed by atoms with Crippen molar-refractivity contribution in [2.24, 2.45) is 11.8 Å². The summed E-state index contributed by atoms with van der Waals surface area (Å²) in [6, 6.07) is 6.53. The van der Waals surface area contributed by atoms with Gasteiger partial charge in [-0.3, -0.25) is 4.79 Å². The van der Waals surface area contributed by atoms with Gasteiger partial charge >= 0.3 is 0 Å². The van der Waals surface area contributed by atoms with Crippen molar-refractivity contribution in [3.63, 3.8) is 0 Å². The van der Waals surface area contributed by atoms with Crippen LogP contribution < -0.4 is 10.0 Å². The largest absolute Gasteiger partial charge is 0.353 e. The van der Waals surface area contributed by atoms with E-state index in [-0.39, 0.29) is 22.6 Å². The van der Waals surface area contributed by atoms with E-state index in [0.717, 1.165) is 38.5 Å². The third-order valence-electron chi connectivity index (χ3n) is 6.11. The fraction of sp³-hybridized carbons (Fsp3) is 0.667. The summed E-state index contributed by atoms with van der Waals surface area (Å²) >= 11 is 5.82. The second-order valence-corrected chi connectivity index (χ2v) is 10.4. The Bertz CT molecular complexity index is 735. The van der Waals surface area contributed by atoms with Crippen LogP contribution in [0.25, 0.3) is 0 Å². The molecule has 3 rings (SSSR count). The van der Waals surface area contributed by atoms with Crippen molar-refractivity contribution in [1.29, 1.82) is 0 Å². The highest BCUT2D eigenvalue weighted by Crippen LogP contribution is 2.29. The highest BCUT2D eigenvalue weighted by atomic mass is 35.5. The van der Waals surface area contributed by atoms with Gasteiger partial charge in [0.05, 0.1) is 4.90 Å². The lowest BCUT2D eigenvalue weighted by molar-refractivity contribution is -0.127. The highest BCUT2D eigenvalue weighted by Gasteiger charge is 2.28. The van der Waals surface area contributed by atoms with Gasteiger partial charge in [-0.05, 0) is 68.7 Å². The van der Waals surface area contributed by atoms with Crippen LogP contribution in [-0.4, -0.2) is 26.9 Å². The summed E-state index contributed by atoms with van der Waals surface area (Å²) in [5.41, 5.74) is 0. The molecule has 0 radical (unpaired) electrons. The summed E-state index contributed by atoms with van der Waals surface area (Å²) in [6.45, 7) is 0.419. The van der Waals surface area contributed by atoms with Gasteiger partial charge in [-0.25, -0.2) is 13.1 Å². The number of carbonyl (C=O) groups excluding carboxylic acids is 1. The van der Waals surface area contributed by atoms with E-state index in [1.807, 2.05) is 0 Å². The molecule has 0 aromatic heterocycles. The van der Waals surface area contributed by atoms with Crippen LogP contribution in [0.5, 0.6) is 0 Å². The molecular weight excluding hydrogens is 396 g/mol. The Labute approximate surface area is 173 Å². The van der Waals surface area contributed by atoms with Gasteiger partial charge in [0.15, 0.2) is 0 Å². The van der Waals surface area contributed by atoms with Gasteiger partial charge in [-0.15, -0.1) is 0 Å². The molecule has 1 amide bonds. The Morgan fingerprint density at radius 3 is 2.14 bits per heavy atom. The molecule has 2 aliphatic carbocycles. The SMILES string of the molecule is O=C(NC1CCCCCC1)C1CCC(CNS(=O)(=O)c2ccc(Cl)cc2)CC1. The predicted octanol–water partition coefficient (Wildman–Crippen LogP) is 4.26. The summed E-state index contributed by atoms with van der Waals surface area (Å²) in [5.74, 6) is 0.559. The zero-order chi connectivity index (χ0) is 20.0. The fourth-order valence-electron chi connectivity index (χ4n) is 4.30. The molecule has 0 unspecified atom stereocenters. The van der Waals surface area contributed by atoms with Crippen molar-refractivity contribution >= 4 is 27.5 Å². The van der Waals surface area contributed by atoms with E-state index in [1.54, 1.807) is 12.1 Å². The Morgan fingerprint density at radius 1 is 0.929 bits per heavy atom. The van der Waals surface area contributed by atoms with Gasteiger partial charge < -0.3 is 5.32 Å². The maximum absolute atomic E-state index is 12.6. The molecule has 2 aliphatic rings. The van der Waals surface area contributed by atoms with Crippen molar-refractivity contribution in [1.82, 2.24) is 10.0 Å². The van der Waals surface area contributed by atoms with Gasteiger partial charge in [0.1, 0.15) is 0 Å². The molecule has 156 valence electrons. The molecule has 0 aliphatic heterocycles. The Hall–Kier alpha value is -1.11. The van der Waals surface area contributed by atoms with Crippen molar-refractivity contribution in [2.75, 3.05) is 6.54 Å². The maximum Gasteiger partial charge on any atom is 0.240 e. The first kappa shape index (κ1) is 21.6. The molecule has 0 heterocycles. The van der Waals surface area contributed by atoms with Gasteiger partial charge in [0, 0.05) is 23.5 Å². The van der Waals surface area contributed by atoms with Crippen molar-refractivity contribution in [3.05, 3.63) is 29.3 Å². The minimum Gasteiger partial charge on any atom is -0.353 e. The first-order valence-corrected chi connectivity index (χ1v) is 12.4. The van der Waals surface area contributed by atoms with Crippen LogP contribution in [0.1, 0.15) is 64.2 Å². The lowest BCUT2D eigenvalue weighted by atomic mass is 9.81. The van der Waals surface area contributed by atoms with Crippen LogP contribution in [-0.2, 0) is 14.8 Å². The lowest BCUT2D eigenvalue weighted by Crippen LogP contribution is -2.40. The Kier molecular flexibility index (Phi) is 7.77. The molecule has 0 spiro atoms. The highest BCUT2D eigenvalue weighted by molar-refractivity contribution is 7.89. The quantitative estimate of drug-likeness (QED) is 0.667. The topological polar surface area (TPSA) is 75.3 Å². The maximum atomic E-state index is 12.6. The number of hydrogen-bond acceptors (Lipinski definition) is 3. The summed E-state index contributed by atoms with van der Waals surface area (Å²) in [7, 11) is -3.52. The third kappa shape index (κ3) is 6.19. The van der Waals surface area contributed by atoms with Crippen molar-refractivity contribution < 1.29 is 13.2 Å². The number of benzene rings is 1. The zero-order valence-electron chi connectivity index (χ0n) is 16.3. The number of nitrogens with one attached hydrogen (secondary N) is 2. The normalized spacial score (nSPS) is 24.5. The van der Waals surface area contributed by atoms with Crippen LogP contribution >= 0.6 is 11.6 Å². The summed E-state index contributed by atoms with van der Waals surface area (Å²) in [5, 5.41) is 3.78. The van der Waals surface area contributed by atoms with Crippen LogP contribution in [0.15, 0.2) is 29.2 Å². The zero-order valence-corrected chi connectivity index (χ0v) is 17.9. The van der Waals surface area contributed by atoms with E-state index < -0.39 is 10.0 Å². The molecule has 1 aromatic rings. The predicted molar refractivity (Wildman–Crippen MR) is 112 cm³/mol. The van der Waals surface area contributed by atoms with E-state index in [1.165, 1.54) is 37.8 Å². The first-order valence-electron chi connectivity index (χ1n) is 10.5. The molecule has 0 saturated heterocycles. The molecule has 0 bridgehead atoms. The minimum absolute atomic E-state index is 0.0763. The third-order valence-corrected chi connectivity index (χ3v) is 7.80. The van der Waals surface area contributed by atoms with Crippen LogP contribution in [0.4, 0.5) is 0 Å². The van der Waals surface area contributed by atoms with Crippen molar-refractivity contribution in [2.45, 2.75) is 75.1 Å². The summed E-state index contributed by atoms with van der Waals surface area (Å²) < 4.78 is 27.5. The number of carbonyl (C=O) groups is 1. The monoisotopic (exact) mass is 426 g/mol. The van der Waals surface area contributed by atoms with Crippen LogP contribution in [0.2, 0.25) is 5.02 Å². The molecule has 2 N–H and O–H groups in total. The molecule has 7 heteroatoms. The van der Waals surface area contributed by atoms with Crippen molar-refractivity contribution in [3.8, 4) is 0 Å². The standard InChI is InChI=1S/C21H31ClN2O3S/c22-18-11-13-20(14-12-18)28(26,27)23-15-16-7-9-17(10-8-16)21(25)24-19-5-3-1-2-4-6-19/h11-14,16-17,19,23H,1-10,15H2,(H,24,25). The number of rotatable bonds is 6. The van der Waals surface area contributed by atoms with Gasteiger partial charge in [0.2, 0.25) is 15.9 Å². The fourth-order valence-corrected chi connectivity index (χ4v) is 5.54. The van der Waals surface area contributed by atoms with Gasteiger partial charge in [0.25, 0.3) is 0 Å².